The number of anilines is 1. The van der Waals surface area contributed by atoms with E-state index in [-0.39, 0.29) is 16.8 Å². The fourth-order valence-corrected chi connectivity index (χ4v) is 7.67. The van der Waals surface area contributed by atoms with Crippen molar-refractivity contribution in [3.8, 4) is 0 Å². The Morgan fingerprint density at radius 1 is 1.14 bits per heavy atom. The van der Waals surface area contributed by atoms with E-state index in [1.807, 2.05) is 6.92 Å². The van der Waals surface area contributed by atoms with Crippen LogP contribution in [-0.2, 0) is 14.8 Å². The van der Waals surface area contributed by atoms with Crippen molar-refractivity contribution in [2.45, 2.75) is 75.3 Å². The minimum absolute atomic E-state index is 0.0854. The van der Waals surface area contributed by atoms with Gasteiger partial charge >= 0.3 is 0 Å². The zero-order valence-corrected chi connectivity index (χ0v) is 18.2. The maximum atomic E-state index is 13.4. The predicted molar refractivity (Wildman–Crippen MR) is 113 cm³/mol. The zero-order valence-electron chi connectivity index (χ0n) is 17.4. The summed E-state index contributed by atoms with van der Waals surface area (Å²) in [4.78, 5) is 13.4. The fourth-order valence-electron chi connectivity index (χ4n) is 6.22. The van der Waals surface area contributed by atoms with Crippen LogP contribution in [0.4, 0.5) is 5.69 Å². The first-order valence-corrected chi connectivity index (χ1v) is 12.4. The molecule has 0 saturated heterocycles. The smallest absolute Gasteiger partial charge is 0.241 e. The van der Waals surface area contributed by atoms with Crippen LogP contribution in [-0.4, -0.2) is 25.9 Å². The molecule has 160 valence electrons. The highest BCUT2D eigenvalue weighted by molar-refractivity contribution is 7.89. The van der Waals surface area contributed by atoms with Crippen LogP contribution < -0.4 is 15.8 Å². The number of carbonyl (C=O) groups excluding carboxylic acids is 1. The Morgan fingerprint density at radius 3 is 2.31 bits per heavy atom. The molecule has 1 unspecified atom stereocenters. The summed E-state index contributed by atoms with van der Waals surface area (Å²) in [6.07, 6.45) is 7.32. The van der Waals surface area contributed by atoms with Gasteiger partial charge in [-0.25, -0.2) is 8.42 Å². The third-order valence-electron chi connectivity index (χ3n) is 7.30. The fraction of sp³-hybridized carbons (Fsp3) is 0.682. The zero-order chi connectivity index (χ0) is 20.8. The second-order valence-corrected chi connectivity index (χ2v) is 11.4. The van der Waals surface area contributed by atoms with Crippen molar-refractivity contribution in [2.75, 3.05) is 5.73 Å². The molecule has 0 aromatic heterocycles. The Kier molecular flexibility index (Phi) is 5.40. The first-order chi connectivity index (χ1) is 13.7. The number of benzene rings is 1. The summed E-state index contributed by atoms with van der Waals surface area (Å²) in [6, 6.07) is 6.35. The van der Waals surface area contributed by atoms with E-state index in [2.05, 4.69) is 10.0 Å². The molecule has 4 saturated carbocycles. The van der Waals surface area contributed by atoms with E-state index in [0.29, 0.717) is 30.4 Å². The molecule has 0 spiro atoms. The van der Waals surface area contributed by atoms with Crippen LogP contribution >= 0.6 is 0 Å². The Hall–Kier alpha value is -1.60. The average molecular weight is 420 g/mol. The number of nitrogens with two attached hydrogens (primary N) is 1. The van der Waals surface area contributed by atoms with Gasteiger partial charge in [0.05, 0.1) is 4.90 Å². The van der Waals surface area contributed by atoms with Gasteiger partial charge in [-0.05, 0) is 87.3 Å². The number of amides is 1. The molecule has 0 heterocycles. The van der Waals surface area contributed by atoms with E-state index in [1.54, 1.807) is 19.1 Å². The van der Waals surface area contributed by atoms with Crippen LogP contribution in [0.3, 0.4) is 0 Å². The molecule has 1 aromatic rings. The lowest BCUT2D eigenvalue weighted by atomic mass is 9.54. The van der Waals surface area contributed by atoms with E-state index in [0.717, 1.165) is 11.8 Å². The van der Waals surface area contributed by atoms with Gasteiger partial charge in [-0.15, -0.1) is 0 Å². The topological polar surface area (TPSA) is 101 Å². The summed E-state index contributed by atoms with van der Waals surface area (Å²) < 4.78 is 28.6. The number of nitrogens with one attached hydrogen (secondary N) is 2. The number of hydrogen-bond acceptors (Lipinski definition) is 4. The van der Waals surface area contributed by atoms with Crippen LogP contribution in [0.25, 0.3) is 0 Å². The number of nitrogen functional groups attached to an aromatic ring is 1. The molecule has 0 aliphatic heterocycles. The summed E-state index contributed by atoms with van der Waals surface area (Å²) in [5.74, 6) is 2.55. The van der Waals surface area contributed by atoms with Crippen LogP contribution in [0.2, 0.25) is 0 Å². The summed E-state index contributed by atoms with van der Waals surface area (Å²) in [7, 11) is -3.86. The third kappa shape index (κ3) is 4.04. The van der Waals surface area contributed by atoms with E-state index < -0.39 is 15.6 Å². The maximum Gasteiger partial charge on any atom is 0.241 e. The molecule has 1 amide bonds. The van der Waals surface area contributed by atoms with Gasteiger partial charge in [-0.2, -0.15) is 4.72 Å². The number of hydrogen-bond donors (Lipinski definition) is 3. The lowest BCUT2D eigenvalue weighted by Crippen LogP contribution is -2.63. The van der Waals surface area contributed by atoms with Crippen molar-refractivity contribution in [1.29, 1.82) is 0 Å². The van der Waals surface area contributed by atoms with E-state index in [4.69, 9.17) is 5.73 Å². The molecule has 4 fully saturated rings. The summed E-state index contributed by atoms with van der Waals surface area (Å²) in [6.45, 7) is 3.66. The quantitative estimate of drug-likeness (QED) is 0.591. The largest absolute Gasteiger partial charge is 0.399 e. The van der Waals surface area contributed by atoms with E-state index in [1.165, 1.54) is 44.2 Å². The van der Waals surface area contributed by atoms with Crippen LogP contribution in [0.5, 0.6) is 0 Å². The number of carbonyl (C=O) groups is 1. The molecule has 4 aliphatic rings. The molecule has 7 heteroatoms. The molecule has 5 rings (SSSR count). The van der Waals surface area contributed by atoms with Gasteiger partial charge in [0.25, 0.3) is 0 Å². The molecule has 0 radical (unpaired) electrons. The molecule has 6 nitrogen and oxygen atoms in total. The predicted octanol–water partition coefficient (Wildman–Crippen LogP) is 3.05. The van der Waals surface area contributed by atoms with Crippen LogP contribution in [0.15, 0.2) is 29.2 Å². The summed E-state index contributed by atoms with van der Waals surface area (Å²) >= 11 is 0. The van der Waals surface area contributed by atoms with Gasteiger partial charge in [0.2, 0.25) is 15.9 Å². The molecule has 1 atom stereocenters. The van der Waals surface area contributed by atoms with E-state index in [9.17, 15) is 13.2 Å². The van der Waals surface area contributed by atoms with Gasteiger partial charge < -0.3 is 11.1 Å². The average Bonchev–Trinajstić information content (AvgIpc) is 2.63. The highest BCUT2D eigenvalue weighted by Gasteiger charge is 2.50. The summed E-state index contributed by atoms with van der Waals surface area (Å²) in [5.41, 5.74) is 4.95. The molecular weight excluding hydrogens is 386 g/mol. The van der Waals surface area contributed by atoms with Gasteiger partial charge in [0.15, 0.2) is 0 Å². The van der Waals surface area contributed by atoms with E-state index >= 15 is 0 Å². The second kappa shape index (κ2) is 7.58. The standard InChI is InChI=1S/C22H33N3O3S/c1-3-7-22(2,25-29(27,28)19-6-4-5-18(23)13-19)21(26)24-20-16-9-14-8-15(11-16)12-17(20)10-14/h4-6,13-17,20,25H,3,7-12,23H2,1-2H3,(H,24,26)/t14-,15?,16-,17?,20?,22?/m0/s1. The number of rotatable bonds is 7. The Labute approximate surface area is 174 Å². The molecule has 4 bridgehead atoms. The van der Waals surface area contributed by atoms with Gasteiger partial charge in [0.1, 0.15) is 5.54 Å². The normalized spacial score (nSPS) is 32.7. The summed E-state index contributed by atoms with van der Waals surface area (Å²) in [5, 5.41) is 3.28. The lowest BCUT2D eigenvalue weighted by Gasteiger charge is -2.54. The molecule has 4 aliphatic carbocycles. The van der Waals surface area contributed by atoms with Gasteiger partial charge in [0, 0.05) is 11.7 Å². The van der Waals surface area contributed by atoms with Gasteiger partial charge in [-0.3, -0.25) is 4.79 Å². The third-order valence-corrected chi connectivity index (χ3v) is 8.90. The van der Waals surface area contributed by atoms with Crippen molar-refractivity contribution in [3.63, 3.8) is 0 Å². The Bertz CT molecular complexity index is 857. The van der Waals surface area contributed by atoms with Crippen molar-refractivity contribution in [3.05, 3.63) is 24.3 Å². The van der Waals surface area contributed by atoms with Crippen molar-refractivity contribution in [1.82, 2.24) is 10.0 Å². The minimum atomic E-state index is -3.86. The van der Waals surface area contributed by atoms with Gasteiger partial charge in [-0.1, -0.05) is 19.4 Å². The second-order valence-electron chi connectivity index (χ2n) is 9.69. The minimum Gasteiger partial charge on any atom is -0.399 e. The lowest BCUT2D eigenvalue weighted by molar-refractivity contribution is -0.130. The number of sulfonamides is 1. The Morgan fingerprint density at radius 2 is 1.76 bits per heavy atom. The molecule has 29 heavy (non-hydrogen) atoms. The first kappa shape index (κ1) is 20.7. The Balaban J connectivity index is 1.52. The molecule has 1 aromatic carbocycles. The van der Waals surface area contributed by atoms with Crippen LogP contribution in [0.1, 0.15) is 58.8 Å². The van der Waals surface area contributed by atoms with Crippen molar-refractivity contribution >= 4 is 21.6 Å². The van der Waals surface area contributed by atoms with Crippen molar-refractivity contribution in [2.24, 2.45) is 23.7 Å². The first-order valence-electron chi connectivity index (χ1n) is 10.9. The van der Waals surface area contributed by atoms with Crippen molar-refractivity contribution < 1.29 is 13.2 Å². The monoisotopic (exact) mass is 419 g/mol. The SMILES string of the molecule is CCCC(C)(NS(=O)(=O)c1cccc(N)c1)C(=O)NC1C2CC3C[C@H](C2)C[C@H]1C3. The molecular formula is C22H33N3O3S. The van der Waals surface area contributed by atoms with Crippen LogP contribution in [0, 0.1) is 23.7 Å². The maximum absolute atomic E-state index is 13.4. The highest BCUT2D eigenvalue weighted by Crippen LogP contribution is 2.53. The highest BCUT2D eigenvalue weighted by atomic mass is 32.2. The molecule has 4 N–H and O–H groups in total.